The van der Waals surface area contributed by atoms with Crippen LogP contribution in [0.25, 0.3) is 0 Å². The van der Waals surface area contributed by atoms with Crippen LogP contribution in [0.1, 0.15) is 16.7 Å². The molecule has 2 rings (SSSR count). The van der Waals surface area contributed by atoms with Gasteiger partial charge in [0.15, 0.2) is 0 Å². The predicted octanol–water partition coefficient (Wildman–Crippen LogP) is 5.01. The molecule has 0 aliphatic heterocycles. The lowest BCUT2D eigenvalue weighted by Gasteiger charge is -2.07. The van der Waals surface area contributed by atoms with E-state index in [9.17, 15) is 0 Å². The zero-order valence-corrected chi connectivity index (χ0v) is 12.9. The number of halogens is 3. The Hall–Kier alpha value is -0.730. The van der Waals surface area contributed by atoms with Gasteiger partial charge in [-0.05, 0) is 30.2 Å². The van der Waals surface area contributed by atoms with E-state index in [1.54, 1.807) is 6.07 Å². The first-order chi connectivity index (χ1) is 8.65. The number of benzene rings is 2. The molecule has 0 saturated carbocycles. The number of hydrogen-bond donors (Lipinski definition) is 1. The maximum absolute atomic E-state index is 6.11. The van der Waals surface area contributed by atoms with Gasteiger partial charge in [-0.15, -0.1) is 12.4 Å². The van der Waals surface area contributed by atoms with Crippen molar-refractivity contribution in [3.8, 4) is 0 Å². The van der Waals surface area contributed by atoms with Gasteiger partial charge in [-0.25, -0.2) is 0 Å². The van der Waals surface area contributed by atoms with Crippen molar-refractivity contribution < 1.29 is 0 Å². The van der Waals surface area contributed by atoms with Crippen LogP contribution in [0.4, 0.5) is 0 Å². The fraction of sp³-hybridized carbons (Fsp3) is 0.200. The van der Waals surface area contributed by atoms with Crippen molar-refractivity contribution in [1.29, 1.82) is 0 Å². The zero-order chi connectivity index (χ0) is 13.0. The van der Waals surface area contributed by atoms with Crippen LogP contribution in [0.3, 0.4) is 0 Å². The van der Waals surface area contributed by atoms with Gasteiger partial charge in [0.25, 0.3) is 0 Å². The molecule has 0 heterocycles. The summed E-state index contributed by atoms with van der Waals surface area (Å²) in [4.78, 5) is 0. The first kappa shape index (κ1) is 16.3. The molecule has 1 N–H and O–H groups in total. The van der Waals surface area contributed by atoms with Crippen molar-refractivity contribution in [3.63, 3.8) is 0 Å². The summed E-state index contributed by atoms with van der Waals surface area (Å²) in [6, 6.07) is 14.1. The van der Waals surface area contributed by atoms with Crippen LogP contribution in [0.15, 0.2) is 42.5 Å². The highest BCUT2D eigenvalue weighted by molar-refractivity contribution is 6.35. The molecular weight excluding hydrogens is 301 g/mol. The third kappa shape index (κ3) is 5.04. The Labute approximate surface area is 130 Å². The monoisotopic (exact) mass is 315 g/mol. The summed E-state index contributed by atoms with van der Waals surface area (Å²) in [5.41, 5.74) is 3.61. The fourth-order valence-corrected chi connectivity index (χ4v) is 2.19. The molecule has 102 valence electrons. The molecule has 19 heavy (non-hydrogen) atoms. The van der Waals surface area contributed by atoms with E-state index in [1.165, 1.54) is 11.1 Å². The molecule has 1 nitrogen and oxygen atoms in total. The molecule has 0 unspecified atom stereocenters. The first-order valence-corrected chi connectivity index (χ1v) is 6.61. The predicted molar refractivity (Wildman–Crippen MR) is 85.4 cm³/mol. The third-order valence-electron chi connectivity index (χ3n) is 2.78. The number of rotatable bonds is 4. The molecule has 2 aromatic rings. The van der Waals surface area contributed by atoms with Gasteiger partial charge in [-0.3, -0.25) is 0 Å². The average Bonchev–Trinajstić information content (AvgIpc) is 2.34. The van der Waals surface area contributed by atoms with Crippen LogP contribution < -0.4 is 5.32 Å². The summed E-state index contributed by atoms with van der Waals surface area (Å²) in [5, 5.41) is 4.75. The minimum Gasteiger partial charge on any atom is -0.309 e. The molecular formula is C15H16Cl3N. The highest BCUT2D eigenvalue weighted by atomic mass is 35.5. The van der Waals surface area contributed by atoms with E-state index in [4.69, 9.17) is 23.2 Å². The van der Waals surface area contributed by atoms with E-state index in [1.807, 2.05) is 12.1 Å². The van der Waals surface area contributed by atoms with Crippen molar-refractivity contribution in [2.45, 2.75) is 20.0 Å². The molecule has 0 bridgehead atoms. The van der Waals surface area contributed by atoms with Crippen LogP contribution in [0, 0.1) is 6.92 Å². The van der Waals surface area contributed by atoms with Crippen LogP contribution in [-0.2, 0) is 13.1 Å². The summed E-state index contributed by atoms with van der Waals surface area (Å²) < 4.78 is 0. The number of nitrogens with one attached hydrogen (secondary N) is 1. The molecule has 0 atom stereocenters. The molecule has 0 spiro atoms. The highest BCUT2D eigenvalue weighted by Crippen LogP contribution is 2.20. The summed E-state index contributed by atoms with van der Waals surface area (Å²) in [6.45, 7) is 3.66. The molecule has 0 fully saturated rings. The van der Waals surface area contributed by atoms with Gasteiger partial charge in [0.2, 0.25) is 0 Å². The molecule has 4 heteroatoms. The first-order valence-electron chi connectivity index (χ1n) is 5.85. The Balaban J connectivity index is 0.00000180. The number of aryl methyl sites for hydroxylation is 1. The summed E-state index contributed by atoms with van der Waals surface area (Å²) in [5.74, 6) is 0. The third-order valence-corrected chi connectivity index (χ3v) is 3.37. The van der Waals surface area contributed by atoms with Gasteiger partial charge in [-0.1, -0.05) is 59.1 Å². The van der Waals surface area contributed by atoms with Crippen LogP contribution >= 0.6 is 35.6 Å². The van der Waals surface area contributed by atoms with Gasteiger partial charge < -0.3 is 5.32 Å². The molecule has 0 amide bonds. The van der Waals surface area contributed by atoms with Crippen molar-refractivity contribution in [1.82, 2.24) is 5.32 Å². The van der Waals surface area contributed by atoms with Crippen molar-refractivity contribution in [3.05, 3.63) is 69.2 Å². The Morgan fingerprint density at radius 3 is 2.26 bits per heavy atom. The van der Waals surface area contributed by atoms with Gasteiger partial charge in [0.05, 0.1) is 0 Å². The largest absolute Gasteiger partial charge is 0.309 e. The molecule has 0 aliphatic rings. The van der Waals surface area contributed by atoms with Gasteiger partial charge >= 0.3 is 0 Å². The number of hydrogen-bond acceptors (Lipinski definition) is 1. The lowest BCUT2D eigenvalue weighted by atomic mass is 10.1. The van der Waals surface area contributed by atoms with Crippen LogP contribution in [0.5, 0.6) is 0 Å². The lowest BCUT2D eigenvalue weighted by Crippen LogP contribution is -2.12. The minimum atomic E-state index is 0. The second kappa shape index (κ2) is 7.76. The molecule has 0 aromatic heterocycles. The maximum atomic E-state index is 6.11. The average molecular weight is 317 g/mol. The van der Waals surface area contributed by atoms with Crippen LogP contribution in [-0.4, -0.2) is 0 Å². The van der Waals surface area contributed by atoms with E-state index in [2.05, 4.69) is 36.5 Å². The lowest BCUT2D eigenvalue weighted by molar-refractivity contribution is 0.693. The Morgan fingerprint density at radius 2 is 1.63 bits per heavy atom. The Kier molecular flexibility index (Phi) is 6.67. The van der Waals surface area contributed by atoms with Gasteiger partial charge in [0.1, 0.15) is 0 Å². The van der Waals surface area contributed by atoms with E-state index in [-0.39, 0.29) is 12.4 Å². The summed E-state index contributed by atoms with van der Waals surface area (Å²) in [7, 11) is 0. The Bertz CT molecular complexity index is 523. The SMILES string of the molecule is Cc1ccc(CNCc2ccc(Cl)cc2Cl)cc1.Cl. The normalized spacial score (nSPS) is 10.1. The van der Waals surface area contributed by atoms with E-state index in [0.29, 0.717) is 10.0 Å². The summed E-state index contributed by atoms with van der Waals surface area (Å²) in [6.07, 6.45) is 0. The van der Waals surface area contributed by atoms with E-state index >= 15 is 0 Å². The molecule has 2 aromatic carbocycles. The van der Waals surface area contributed by atoms with E-state index < -0.39 is 0 Å². The van der Waals surface area contributed by atoms with Crippen LogP contribution in [0.2, 0.25) is 10.0 Å². The quantitative estimate of drug-likeness (QED) is 0.835. The summed E-state index contributed by atoms with van der Waals surface area (Å²) >= 11 is 12.0. The van der Waals surface area contributed by atoms with Gasteiger partial charge in [-0.2, -0.15) is 0 Å². The molecule has 0 radical (unpaired) electrons. The maximum Gasteiger partial charge on any atom is 0.0465 e. The fourth-order valence-electron chi connectivity index (χ4n) is 1.71. The van der Waals surface area contributed by atoms with Crippen molar-refractivity contribution in [2.75, 3.05) is 0 Å². The van der Waals surface area contributed by atoms with Crippen molar-refractivity contribution in [2.24, 2.45) is 0 Å². The van der Waals surface area contributed by atoms with Gasteiger partial charge in [0, 0.05) is 23.1 Å². The zero-order valence-electron chi connectivity index (χ0n) is 10.6. The highest BCUT2D eigenvalue weighted by Gasteiger charge is 2.00. The standard InChI is InChI=1S/C15H15Cl2N.ClH/c1-11-2-4-12(5-3-11)9-18-10-13-6-7-14(16)8-15(13)17;/h2-8,18H,9-10H2,1H3;1H. The van der Waals surface area contributed by atoms with E-state index in [0.717, 1.165) is 18.7 Å². The second-order valence-electron chi connectivity index (χ2n) is 4.32. The topological polar surface area (TPSA) is 12.0 Å². The molecule has 0 aliphatic carbocycles. The second-order valence-corrected chi connectivity index (χ2v) is 5.17. The van der Waals surface area contributed by atoms with Crippen molar-refractivity contribution >= 4 is 35.6 Å². The minimum absolute atomic E-state index is 0. The Morgan fingerprint density at radius 1 is 0.947 bits per heavy atom. The smallest absolute Gasteiger partial charge is 0.0465 e. The molecule has 0 saturated heterocycles.